The molecule has 0 aliphatic carbocycles. The van der Waals surface area contributed by atoms with Gasteiger partial charge in [0.05, 0.1) is 22.6 Å². The first kappa shape index (κ1) is 13.9. The molecule has 0 saturated heterocycles. The minimum atomic E-state index is -0.471. The molecule has 3 aromatic rings. The van der Waals surface area contributed by atoms with Crippen LogP contribution in [0.4, 0.5) is 4.39 Å². The first-order chi connectivity index (χ1) is 10.1. The molecule has 0 fully saturated rings. The second-order valence-corrected chi connectivity index (χ2v) is 5.26. The van der Waals surface area contributed by atoms with Crippen LogP contribution in [0.2, 0.25) is 5.02 Å². The number of benzene rings is 2. The lowest BCUT2D eigenvalue weighted by Crippen LogP contribution is -2.24. The summed E-state index contributed by atoms with van der Waals surface area (Å²) in [7, 11) is 0. The zero-order valence-electron chi connectivity index (χ0n) is 11.5. The van der Waals surface area contributed by atoms with Gasteiger partial charge < -0.3 is 0 Å². The normalized spacial score (nSPS) is 11.2. The molecule has 0 aliphatic rings. The van der Waals surface area contributed by atoms with E-state index in [1.165, 1.54) is 12.1 Å². The van der Waals surface area contributed by atoms with E-state index in [1.54, 1.807) is 15.2 Å². The largest absolute Gasteiger partial charge is 0.329 e. The molecule has 0 saturated carbocycles. The summed E-state index contributed by atoms with van der Waals surface area (Å²) in [6, 6.07) is 12.2. The van der Waals surface area contributed by atoms with Gasteiger partial charge in [0, 0.05) is 6.54 Å². The Morgan fingerprint density at radius 3 is 2.38 bits per heavy atom. The van der Waals surface area contributed by atoms with Gasteiger partial charge in [-0.2, -0.15) is 0 Å². The molecule has 0 spiro atoms. The Bertz CT molecular complexity index is 866. The second kappa shape index (κ2) is 5.37. The van der Waals surface area contributed by atoms with Gasteiger partial charge in [0.2, 0.25) is 0 Å². The third-order valence-corrected chi connectivity index (χ3v) is 3.87. The summed E-state index contributed by atoms with van der Waals surface area (Å²) in [5, 5.41) is 0.0853. The minimum Gasteiger partial charge on any atom is -0.292 e. The van der Waals surface area contributed by atoms with Crippen molar-refractivity contribution >= 4 is 22.6 Å². The lowest BCUT2D eigenvalue weighted by molar-refractivity contribution is 0.622. The van der Waals surface area contributed by atoms with Gasteiger partial charge in [0.15, 0.2) is 0 Å². The maximum Gasteiger partial charge on any atom is 0.329 e. The summed E-state index contributed by atoms with van der Waals surface area (Å²) in [6.45, 7) is 2.85. The minimum absolute atomic E-state index is 0.0853. The maximum atomic E-state index is 13.5. The highest BCUT2D eigenvalue weighted by Crippen LogP contribution is 2.18. The van der Waals surface area contributed by atoms with Crippen LogP contribution in [0.1, 0.15) is 12.5 Å². The SMILES string of the molecule is CCn1c(=O)n(Cc2ccc(Cl)c(F)c2)c2ccccc21. The molecular formula is C16H14ClFN2O. The summed E-state index contributed by atoms with van der Waals surface area (Å²) in [5.41, 5.74) is 2.35. The molecule has 0 amide bonds. The van der Waals surface area contributed by atoms with Gasteiger partial charge in [-0.05, 0) is 36.8 Å². The molecule has 0 atom stereocenters. The van der Waals surface area contributed by atoms with E-state index in [4.69, 9.17) is 11.6 Å². The zero-order valence-corrected chi connectivity index (χ0v) is 12.3. The molecule has 108 valence electrons. The molecule has 0 unspecified atom stereocenters. The Hall–Kier alpha value is -2.07. The molecule has 0 radical (unpaired) electrons. The average molecular weight is 305 g/mol. The smallest absolute Gasteiger partial charge is 0.292 e. The lowest BCUT2D eigenvalue weighted by Gasteiger charge is -2.04. The van der Waals surface area contributed by atoms with Gasteiger partial charge >= 0.3 is 5.69 Å². The van der Waals surface area contributed by atoms with Crippen LogP contribution in [-0.4, -0.2) is 9.13 Å². The molecule has 2 aromatic carbocycles. The first-order valence-corrected chi connectivity index (χ1v) is 7.11. The highest BCUT2D eigenvalue weighted by atomic mass is 35.5. The summed E-state index contributed by atoms with van der Waals surface area (Å²) in [5.74, 6) is -0.471. The molecular weight excluding hydrogens is 291 g/mol. The highest BCUT2D eigenvalue weighted by molar-refractivity contribution is 6.30. The molecule has 1 aromatic heterocycles. The topological polar surface area (TPSA) is 26.9 Å². The van der Waals surface area contributed by atoms with Crippen LogP contribution < -0.4 is 5.69 Å². The van der Waals surface area contributed by atoms with E-state index in [9.17, 15) is 9.18 Å². The van der Waals surface area contributed by atoms with Gasteiger partial charge in [0.1, 0.15) is 5.82 Å². The summed E-state index contributed by atoms with van der Waals surface area (Å²) in [6.07, 6.45) is 0. The van der Waals surface area contributed by atoms with Crippen molar-refractivity contribution in [2.75, 3.05) is 0 Å². The molecule has 0 aliphatic heterocycles. The second-order valence-electron chi connectivity index (χ2n) is 4.85. The molecule has 21 heavy (non-hydrogen) atoms. The summed E-state index contributed by atoms with van der Waals surface area (Å²) < 4.78 is 16.9. The first-order valence-electron chi connectivity index (χ1n) is 6.74. The van der Waals surface area contributed by atoms with Crippen LogP contribution in [0.25, 0.3) is 11.0 Å². The number of halogens is 2. The van der Waals surface area contributed by atoms with Crippen molar-refractivity contribution in [3.8, 4) is 0 Å². The average Bonchev–Trinajstić information content (AvgIpc) is 2.75. The van der Waals surface area contributed by atoms with Gasteiger partial charge in [0.25, 0.3) is 0 Å². The van der Waals surface area contributed by atoms with Crippen molar-refractivity contribution in [2.24, 2.45) is 0 Å². The van der Waals surface area contributed by atoms with Gasteiger partial charge in [-0.15, -0.1) is 0 Å². The number of nitrogens with zero attached hydrogens (tertiary/aromatic N) is 2. The Morgan fingerprint density at radius 2 is 1.76 bits per heavy atom. The summed E-state index contributed by atoms with van der Waals surface area (Å²) >= 11 is 5.69. The van der Waals surface area contributed by atoms with Crippen molar-refractivity contribution in [2.45, 2.75) is 20.0 Å². The lowest BCUT2D eigenvalue weighted by atomic mass is 10.2. The third-order valence-electron chi connectivity index (χ3n) is 3.57. The van der Waals surface area contributed by atoms with Crippen molar-refractivity contribution in [3.63, 3.8) is 0 Å². The highest BCUT2D eigenvalue weighted by Gasteiger charge is 2.12. The monoisotopic (exact) mass is 304 g/mol. The number of hydrogen-bond acceptors (Lipinski definition) is 1. The van der Waals surface area contributed by atoms with Gasteiger partial charge in [-0.3, -0.25) is 9.13 Å². The van der Waals surface area contributed by atoms with E-state index in [0.717, 1.165) is 11.0 Å². The molecule has 1 heterocycles. The van der Waals surface area contributed by atoms with Crippen molar-refractivity contribution in [1.82, 2.24) is 9.13 Å². The molecule has 0 bridgehead atoms. The van der Waals surface area contributed by atoms with Crippen LogP contribution in [0, 0.1) is 5.82 Å². The Balaban J connectivity index is 2.14. The third kappa shape index (κ3) is 2.36. The number of rotatable bonds is 3. The maximum absolute atomic E-state index is 13.5. The van der Waals surface area contributed by atoms with Crippen molar-refractivity contribution in [1.29, 1.82) is 0 Å². The van der Waals surface area contributed by atoms with Crippen LogP contribution in [0.3, 0.4) is 0 Å². The molecule has 3 nitrogen and oxygen atoms in total. The van der Waals surface area contributed by atoms with Crippen molar-refractivity contribution < 1.29 is 4.39 Å². The Kier molecular flexibility index (Phi) is 3.55. The molecule has 5 heteroatoms. The molecule has 0 N–H and O–H groups in total. The van der Waals surface area contributed by atoms with E-state index in [0.29, 0.717) is 18.7 Å². The summed E-state index contributed by atoms with van der Waals surface area (Å²) in [4.78, 5) is 12.5. The van der Waals surface area contributed by atoms with Crippen LogP contribution in [0.5, 0.6) is 0 Å². The van der Waals surface area contributed by atoms with Crippen LogP contribution in [0.15, 0.2) is 47.3 Å². The zero-order chi connectivity index (χ0) is 15.0. The molecule has 3 rings (SSSR count). The van der Waals surface area contributed by atoms with E-state index < -0.39 is 5.82 Å². The van der Waals surface area contributed by atoms with Crippen LogP contribution in [-0.2, 0) is 13.1 Å². The van der Waals surface area contributed by atoms with Gasteiger partial charge in [-0.1, -0.05) is 29.8 Å². The van der Waals surface area contributed by atoms with Crippen molar-refractivity contribution in [3.05, 3.63) is 69.4 Å². The fourth-order valence-corrected chi connectivity index (χ4v) is 2.67. The number of para-hydroxylation sites is 2. The predicted molar refractivity (Wildman–Crippen MR) is 82.4 cm³/mol. The number of aryl methyl sites for hydroxylation is 1. The fraction of sp³-hybridized carbons (Fsp3) is 0.188. The number of imidazole rings is 1. The van der Waals surface area contributed by atoms with E-state index in [2.05, 4.69) is 0 Å². The Morgan fingerprint density at radius 1 is 1.10 bits per heavy atom. The number of fused-ring (bicyclic) bond motifs is 1. The van der Waals surface area contributed by atoms with E-state index in [1.807, 2.05) is 31.2 Å². The number of aromatic nitrogens is 2. The van der Waals surface area contributed by atoms with Gasteiger partial charge in [-0.25, -0.2) is 9.18 Å². The van der Waals surface area contributed by atoms with Crippen LogP contribution >= 0.6 is 11.6 Å². The number of hydrogen-bond donors (Lipinski definition) is 0. The quantitative estimate of drug-likeness (QED) is 0.725. The standard InChI is InChI=1S/C16H14ClFN2O/c1-2-19-14-5-3-4-6-15(14)20(16(19)21)10-11-7-8-12(17)13(18)9-11/h3-9H,2,10H2,1H3. The Labute approximate surface area is 126 Å². The van der Waals surface area contributed by atoms with E-state index >= 15 is 0 Å². The predicted octanol–water partition coefficient (Wildman–Crippen LogP) is 3.66. The fourth-order valence-electron chi connectivity index (χ4n) is 2.55. The van der Waals surface area contributed by atoms with E-state index in [-0.39, 0.29) is 10.7 Å².